The number of nitrogens with zero attached hydrogens (tertiary/aromatic N) is 4. The molecule has 0 bridgehead atoms. The summed E-state index contributed by atoms with van der Waals surface area (Å²) >= 11 is 1.37. The monoisotopic (exact) mass is 465 g/mol. The Morgan fingerprint density at radius 2 is 1.91 bits per heavy atom. The first-order valence-electron chi connectivity index (χ1n) is 10.9. The van der Waals surface area contributed by atoms with Crippen molar-refractivity contribution in [2.45, 2.75) is 38.0 Å². The fraction of sp³-hybridized carbons (Fsp3) is 0.333. The Balaban J connectivity index is 1.40. The van der Waals surface area contributed by atoms with Crippen LogP contribution in [0.3, 0.4) is 0 Å². The number of carbonyl (C=O) groups excluding carboxylic acids is 2. The second-order valence-electron chi connectivity index (χ2n) is 7.72. The van der Waals surface area contributed by atoms with Gasteiger partial charge >= 0.3 is 0 Å². The lowest BCUT2D eigenvalue weighted by molar-refractivity contribution is -0.116. The van der Waals surface area contributed by atoms with Crippen LogP contribution in [0.4, 0.5) is 5.69 Å². The number of aromatic nitrogens is 3. The molecule has 8 nitrogen and oxygen atoms in total. The number of methoxy groups -OCH3 is 1. The topological polar surface area (TPSA) is 89.4 Å². The van der Waals surface area contributed by atoms with Crippen LogP contribution >= 0.6 is 11.8 Å². The molecule has 1 aliphatic rings. The molecule has 2 heterocycles. The highest BCUT2D eigenvalue weighted by atomic mass is 32.2. The van der Waals surface area contributed by atoms with Gasteiger partial charge in [0.25, 0.3) is 5.91 Å². The quantitative estimate of drug-likeness (QED) is 0.513. The molecular formula is C24H27N5O3S. The number of anilines is 1. The molecule has 0 fully saturated rings. The van der Waals surface area contributed by atoms with Gasteiger partial charge in [-0.15, -0.1) is 10.2 Å². The van der Waals surface area contributed by atoms with E-state index in [1.165, 1.54) is 17.3 Å². The number of nitrogens with one attached hydrogen (secondary N) is 1. The molecule has 3 aromatic rings. The number of carbonyl (C=O) groups is 2. The van der Waals surface area contributed by atoms with Crippen LogP contribution in [0.2, 0.25) is 0 Å². The second-order valence-corrected chi connectivity index (χ2v) is 8.66. The summed E-state index contributed by atoms with van der Waals surface area (Å²) < 4.78 is 7.08. The van der Waals surface area contributed by atoms with Crippen molar-refractivity contribution >= 4 is 29.3 Å². The largest absolute Gasteiger partial charge is 0.497 e. The summed E-state index contributed by atoms with van der Waals surface area (Å²) in [5, 5.41) is 12.2. The molecule has 0 aliphatic carbocycles. The number of amides is 2. The Labute approximate surface area is 197 Å². The zero-order valence-electron chi connectivity index (χ0n) is 18.9. The van der Waals surface area contributed by atoms with Crippen LogP contribution in [-0.4, -0.2) is 46.0 Å². The van der Waals surface area contributed by atoms with Gasteiger partial charge in [-0.05, 0) is 56.2 Å². The summed E-state index contributed by atoms with van der Waals surface area (Å²) in [6.07, 6.45) is 0.882. The molecule has 2 aromatic carbocycles. The molecule has 1 aromatic heterocycles. The Kier molecular flexibility index (Phi) is 6.98. The molecular weight excluding hydrogens is 438 g/mol. The minimum Gasteiger partial charge on any atom is -0.497 e. The first-order valence-corrected chi connectivity index (χ1v) is 11.9. The van der Waals surface area contributed by atoms with Gasteiger partial charge in [0.05, 0.1) is 18.9 Å². The highest BCUT2D eigenvalue weighted by Crippen LogP contribution is 2.29. The molecule has 0 saturated carbocycles. The molecule has 0 unspecified atom stereocenters. The van der Waals surface area contributed by atoms with Gasteiger partial charge in [0.2, 0.25) is 5.91 Å². The van der Waals surface area contributed by atoms with Crippen LogP contribution in [0.25, 0.3) is 0 Å². The van der Waals surface area contributed by atoms with Crippen molar-refractivity contribution in [1.29, 1.82) is 0 Å². The van der Waals surface area contributed by atoms with Crippen molar-refractivity contribution in [1.82, 2.24) is 20.1 Å². The lowest BCUT2D eigenvalue weighted by atomic mass is 10.2. The number of hydrogen-bond acceptors (Lipinski definition) is 6. The van der Waals surface area contributed by atoms with Crippen LogP contribution in [-0.2, 0) is 17.8 Å². The van der Waals surface area contributed by atoms with E-state index in [0.29, 0.717) is 35.4 Å². The molecule has 0 saturated heterocycles. The van der Waals surface area contributed by atoms with Gasteiger partial charge in [-0.2, -0.15) is 0 Å². The van der Waals surface area contributed by atoms with E-state index in [-0.39, 0.29) is 23.6 Å². The summed E-state index contributed by atoms with van der Waals surface area (Å²) in [6.45, 7) is 5.21. The van der Waals surface area contributed by atoms with E-state index in [1.54, 1.807) is 31.4 Å². The fourth-order valence-corrected chi connectivity index (χ4v) is 4.80. The van der Waals surface area contributed by atoms with E-state index in [2.05, 4.69) is 21.6 Å². The zero-order chi connectivity index (χ0) is 23.4. The molecule has 2 amide bonds. The van der Waals surface area contributed by atoms with Crippen LogP contribution in [0, 0.1) is 0 Å². The Hall–Kier alpha value is -3.33. The van der Waals surface area contributed by atoms with E-state index in [9.17, 15) is 9.59 Å². The highest BCUT2D eigenvalue weighted by Gasteiger charge is 2.25. The first-order chi connectivity index (χ1) is 16.0. The number of fused-ring (bicyclic) bond motifs is 1. The number of thioether (sulfide) groups is 1. The highest BCUT2D eigenvalue weighted by molar-refractivity contribution is 7.99. The van der Waals surface area contributed by atoms with Crippen molar-refractivity contribution in [2.24, 2.45) is 0 Å². The van der Waals surface area contributed by atoms with Gasteiger partial charge in [0.1, 0.15) is 5.75 Å². The molecule has 4 rings (SSSR count). The van der Waals surface area contributed by atoms with Crippen molar-refractivity contribution in [2.75, 3.05) is 24.3 Å². The minimum atomic E-state index is -0.345. The van der Waals surface area contributed by atoms with Gasteiger partial charge in [-0.3, -0.25) is 9.59 Å². The van der Waals surface area contributed by atoms with Crippen LogP contribution in [0.1, 0.15) is 41.6 Å². The standard InChI is InChI=1S/C24H27N5O3S/c1-4-28-22(16(2)25-23(31)18-9-11-19(32-3)12-10-18)26-27-24(28)33-15-21(30)29-14-13-17-7-5-6-8-20(17)29/h5-12,16H,4,13-15H2,1-3H3,(H,25,31)/t16-/m1/s1. The van der Waals surface area contributed by atoms with Crippen LogP contribution in [0.15, 0.2) is 53.7 Å². The van der Waals surface area contributed by atoms with E-state index in [4.69, 9.17) is 4.74 Å². The number of benzene rings is 2. The number of para-hydroxylation sites is 1. The average molecular weight is 466 g/mol. The zero-order valence-corrected chi connectivity index (χ0v) is 19.8. The van der Waals surface area contributed by atoms with Gasteiger partial charge in [0.15, 0.2) is 11.0 Å². The minimum absolute atomic E-state index is 0.0537. The van der Waals surface area contributed by atoms with Crippen molar-refractivity contribution < 1.29 is 14.3 Å². The molecule has 9 heteroatoms. The maximum Gasteiger partial charge on any atom is 0.251 e. The van der Waals surface area contributed by atoms with E-state index >= 15 is 0 Å². The second kappa shape index (κ2) is 10.1. The number of rotatable bonds is 8. The lowest BCUT2D eigenvalue weighted by Gasteiger charge is -2.17. The summed E-state index contributed by atoms with van der Waals surface area (Å²) in [7, 11) is 1.59. The van der Waals surface area contributed by atoms with Crippen molar-refractivity contribution in [3.63, 3.8) is 0 Å². The van der Waals surface area contributed by atoms with Gasteiger partial charge in [-0.25, -0.2) is 0 Å². The smallest absolute Gasteiger partial charge is 0.251 e. The normalized spacial score (nSPS) is 13.5. The predicted molar refractivity (Wildman–Crippen MR) is 128 cm³/mol. The van der Waals surface area contributed by atoms with E-state index < -0.39 is 0 Å². The Morgan fingerprint density at radius 3 is 2.64 bits per heavy atom. The molecule has 33 heavy (non-hydrogen) atoms. The molecule has 1 aliphatic heterocycles. The third kappa shape index (κ3) is 4.88. The Bertz CT molecular complexity index is 1150. The maximum atomic E-state index is 12.9. The lowest BCUT2D eigenvalue weighted by Crippen LogP contribution is -2.30. The van der Waals surface area contributed by atoms with E-state index in [0.717, 1.165) is 12.1 Å². The molecule has 0 radical (unpaired) electrons. The molecule has 172 valence electrons. The van der Waals surface area contributed by atoms with Gasteiger partial charge in [-0.1, -0.05) is 30.0 Å². The first kappa shape index (κ1) is 22.8. The summed E-state index contributed by atoms with van der Waals surface area (Å²) in [5.41, 5.74) is 2.74. The molecule has 1 atom stereocenters. The van der Waals surface area contributed by atoms with E-state index in [1.807, 2.05) is 41.5 Å². The van der Waals surface area contributed by atoms with Crippen LogP contribution in [0.5, 0.6) is 5.75 Å². The molecule has 1 N–H and O–H groups in total. The summed E-state index contributed by atoms with van der Waals surface area (Å²) in [5.74, 6) is 1.48. The number of ether oxygens (including phenoxy) is 1. The SMILES string of the molecule is CCn1c(SCC(=O)N2CCc3ccccc32)nnc1[C@@H](C)NC(=O)c1ccc(OC)cc1. The van der Waals surface area contributed by atoms with Gasteiger partial charge in [0, 0.05) is 24.3 Å². The average Bonchev–Trinajstić information content (AvgIpc) is 3.46. The Morgan fingerprint density at radius 1 is 1.15 bits per heavy atom. The fourth-order valence-electron chi connectivity index (χ4n) is 3.91. The van der Waals surface area contributed by atoms with Crippen LogP contribution < -0.4 is 15.0 Å². The molecule has 0 spiro atoms. The van der Waals surface area contributed by atoms with Crippen molar-refractivity contribution in [3.05, 3.63) is 65.5 Å². The summed E-state index contributed by atoms with van der Waals surface area (Å²) in [4.78, 5) is 27.3. The maximum absolute atomic E-state index is 12.9. The summed E-state index contributed by atoms with van der Waals surface area (Å²) in [6, 6.07) is 14.6. The third-order valence-electron chi connectivity index (χ3n) is 5.66. The third-order valence-corrected chi connectivity index (χ3v) is 6.61. The van der Waals surface area contributed by atoms with Crippen molar-refractivity contribution in [3.8, 4) is 5.75 Å². The number of hydrogen-bond donors (Lipinski definition) is 1. The predicted octanol–water partition coefficient (Wildman–Crippen LogP) is 3.48. The van der Waals surface area contributed by atoms with Gasteiger partial charge < -0.3 is 19.5 Å².